The van der Waals surface area contributed by atoms with E-state index in [0.717, 1.165) is 13.1 Å². The van der Waals surface area contributed by atoms with Gasteiger partial charge in [-0.3, -0.25) is 0 Å². The molecule has 2 nitrogen and oxygen atoms in total. The number of benzene rings is 5. The van der Waals surface area contributed by atoms with Gasteiger partial charge in [-0.15, -0.1) is 11.3 Å². The summed E-state index contributed by atoms with van der Waals surface area (Å²) in [4.78, 5) is 0. The normalized spacial score (nSPS) is 11.8. The van der Waals surface area contributed by atoms with Gasteiger partial charge in [-0.1, -0.05) is 78.9 Å². The van der Waals surface area contributed by atoms with Gasteiger partial charge in [0.2, 0.25) is 0 Å². The molecule has 0 aliphatic heterocycles. The number of aromatic nitrogens is 1. The van der Waals surface area contributed by atoms with Crippen molar-refractivity contribution < 1.29 is 0 Å². The molecular formula is C32H24N2S. The van der Waals surface area contributed by atoms with Gasteiger partial charge < -0.3 is 9.88 Å². The Hall–Kier alpha value is -3.92. The smallest absolute Gasteiger partial charge is 0.0548 e. The van der Waals surface area contributed by atoms with Crippen molar-refractivity contribution in [3.8, 4) is 5.69 Å². The molecule has 7 aromatic rings. The van der Waals surface area contributed by atoms with Gasteiger partial charge in [0, 0.05) is 49.7 Å². The third kappa shape index (κ3) is 3.52. The van der Waals surface area contributed by atoms with E-state index in [1.54, 1.807) is 0 Å². The lowest BCUT2D eigenvalue weighted by atomic mass is 10.1. The molecule has 0 saturated heterocycles. The number of nitrogens with one attached hydrogen (secondary N) is 1. The van der Waals surface area contributed by atoms with Crippen LogP contribution in [0.3, 0.4) is 0 Å². The molecule has 2 aromatic heterocycles. The second-order valence-electron chi connectivity index (χ2n) is 9.08. The monoisotopic (exact) mass is 468 g/mol. The first-order valence-electron chi connectivity index (χ1n) is 12.0. The Kier molecular flexibility index (Phi) is 4.90. The lowest BCUT2D eigenvalue weighted by Gasteiger charge is -2.11. The molecule has 0 atom stereocenters. The van der Waals surface area contributed by atoms with E-state index in [-0.39, 0.29) is 0 Å². The minimum atomic E-state index is 0.833. The Balaban J connectivity index is 1.36. The van der Waals surface area contributed by atoms with Crippen molar-refractivity contribution in [3.63, 3.8) is 0 Å². The van der Waals surface area contributed by atoms with Crippen molar-refractivity contribution in [2.75, 3.05) is 0 Å². The average Bonchev–Trinajstić information content (AvgIpc) is 3.43. The molecule has 0 radical (unpaired) electrons. The number of thiophene rings is 1. The largest absolute Gasteiger partial charge is 0.309 e. The minimum absolute atomic E-state index is 0.833. The third-order valence-electron chi connectivity index (χ3n) is 6.84. The number of rotatable bonds is 5. The van der Waals surface area contributed by atoms with Gasteiger partial charge >= 0.3 is 0 Å². The van der Waals surface area contributed by atoms with Gasteiger partial charge in [-0.05, 0) is 47.5 Å². The predicted molar refractivity (Wildman–Crippen MR) is 151 cm³/mol. The molecule has 168 valence electrons. The summed E-state index contributed by atoms with van der Waals surface area (Å²) in [7, 11) is 0. The highest BCUT2D eigenvalue weighted by molar-refractivity contribution is 7.25. The second kappa shape index (κ2) is 8.38. The highest BCUT2D eigenvalue weighted by Gasteiger charge is 2.15. The molecule has 0 spiro atoms. The van der Waals surface area contributed by atoms with Crippen LogP contribution in [0.25, 0.3) is 47.7 Å². The quantitative estimate of drug-likeness (QED) is 0.268. The first-order chi connectivity index (χ1) is 17.3. The zero-order valence-corrected chi connectivity index (χ0v) is 20.1. The van der Waals surface area contributed by atoms with Crippen LogP contribution in [0.15, 0.2) is 115 Å². The highest BCUT2D eigenvalue weighted by atomic mass is 32.1. The fraction of sp³-hybridized carbons (Fsp3) is 0.0625. The van der Waals surface area contributed by atoms with E-state index in [0.29, 0.717) is 0 Å². The molecule has 0 unspecified atom stereocenters. The van der Waals surface area contributed by atoms with E-state index in [9.17, 15) is 0 Å². The first-order valence-corrected chi connectivity index (χ1v) is 12.9. The molecule has 0 amide bonds. The van der Waals surface area contributed by atoms with Crippen LogP contribution in [0.1, 0.15) is 11.1 Å². The van der Waals surface area contributed by atoms with Crippen LogP contribution >= 0.6 is 11.3 Å². The SMILES string of the molecule is c1ccc(CNCc2cccc(-n3c4ccccc4c4cc5sc6ccccc6c5cc43)c2)cc1. The molecule has 0 fully saturated rings. The second-order valence-corrected chi connectivity index (χ2v) is 10.2. The van der Waals surface area contributed by atoms with E-state index in [2.05, 4.69) is 125 Å². The van der Waals surface area contributed by atoms with Crippen molar-refractivity contribution >= 4 is 53.3 Å². The molecule has 0 bridgehead atoms. The summed E-state index contributed by atoms with van der Waals surface area (Å²) >= 11 is 1.88. The molecule has 35 heavy (non-hydrogen) atoms. The molecule has 0 aliphatic carbocycles. The number of nitrogens with zero attached hydrogens (tertiary/aromatic N) is 1. The molecule has 5 aromatic carbocycles. The van der Waals surface area contributed by atoms with Gasteiger partial charge in [0.05, 0.1) is 11.0 Å². The van der Waals surface area contributed by atoms with Gasteiger partial charge in [0.1, 0.15) is 0 Å². The van der Waals surface area contributed by atoms with Crippen LogP contribution in [-0.2, 0) is 13.1 Å². The molecule has 0 saturated carbocycles. The average molecular weight is 469 g/mol. The number of para-hydroxylation sites is 1. The minimum Gasteiger partial charge on any atom is -0.309 e. The molecule has 3 heteroatoms. The maximum Gasteiger partial charge on any atom is 0.0548 e. The Morgan fingerprint density at radius 3 is 2.17 bits per heavy atom. The van der Waals surface area contributed by atoms with Crippen LogP contribution in [0, 0.1) is 0 Å². The zero-order chi connectivity index (χ0) is 23.2. The standard InChI is InChI=1S/C32H24N2S/c1-2-9-22(10-3-1)20-33-21-23-11-8-12-24(17-23)34-29-15-6-4-13-25(29)27-19-32-28(18-30(27)34)26-14-5-7-16-31(26)35-32/h1-19,33H,20-21H2. The molecule has 1 N–H and O–H groups in total. The Bertz CT molecular complexity index is 1830. The number of hydrogen-bond acceptors (Lipinski definition) is 2. The van der Waals surface area contributed by atoms with Crippen LogP contribution < -0.4 is 5.32 Å². The molecule has 2 heterocycles. The Morgan fingerprint density at radius 2 is 1.26 bits per heavy atom. The van der Waals surface area contributed by atoms with Crippen LogP contribution in [0.4, 0.5) is 0 Å². The number of fused-ring (bicyclic) bond motifs is 6. The first kappa shape index (κ1) is 20.5. The van der Waals surface area contributed by atoms with Crippen molar-refractivity contribution in [2.24, 2.45) is 0 Å². The van der Waals surface area contributed by atoms with Gasteiger partial charge in [0.25, 0.3) is 0 Å². The lowest BCUT2D eigenvalue weighted by Crippen LogP contribution is -2.12. The number of hydrogen-bond donors (Lipinski definition) is 1. The van der Waals surface area contributed by atoms with Crippen LogP contribution in [0.2, 0.25) is 0 Å². The van der Waals surface area contributed by atoms with Crippen LogP contribution in [-0.4, -0.2) is 4.57 Å². The molecule has 7 rings (SSSR count). The fourth-order valence-electron chi connectivity index (χ4n) is 5.22. The van der Waals surface area contributed by atoms with Crippen molar-refractivity contribution in [1.29, 1.82) is 0 Å². The van der Waals surface area contributed by atoms with E-state index in [1.165, 1.54) is 58.8 Å². The summed E-state index contributed by atoms with van der Waals surface area (Å²) in [6.45, 7) is 1.70. The Morgan fingerprint density at radius 1 is 0.514 bits per heavy atom. The van der Waals surface area contributed by atoms with Gasteiger partial charge in [0.15, 0.2) is 0 Å². The topological polar surface area (TPSA) is 17.0 Å². The highest BCUT2D eigenvalue weighted by Crippen LogP contribution is 2.40. The predicted octanol–water partition coefficient (Wildman–Crippen LogP) is 8.44. The van der Waals surface area contributed by atoms with Crippen LogP contribution in [0.5, 0.6) is 0 Å². The third-order valence-corrected chi connectivity index (χ3v) is 7.97. The lowest BCUT2D eigenvalue weighted by molar-refractivity contribution is 0.693. The van der Waals surface area contributed by atoms with Crippen molar-refractivity contribution in [1.82, 2.24) is 9.88 Å². The summed E-state index contributed by atoms with van der Waals surface area (Å²) in [5.41, 5.74) is 6.30. The zero-order valence-electron chi connectivity index (χ0n) is 19.2. The van der Waals surface area contributed by atoms with Crippen molar-refractivity contribution in [3.05, 3.63) is 126 Å². The van der Waals surface area contributed by atoms with Gasteiger partial charge in [-0.25, -0.2) is 0 Å². The molecule has 0 aliphatic rings. The van der Waals surface area contributed by atoms with E-state index in [1.807, 2.05) is 11.3 Å². The maximum atomic E-state index is 3.60. The van der Waals surface area contributed by atoms with E-state index < -0.39 is 0 Å². The summed E-state index contributed by atoms with van der Waals surface area (Å²) in [6.07, 6.45) is 0. The fourth-order valence-corrected chi connectivity index (χ4v) is 6.34. The molecular weight excluding hydrogens is 444 g/mol. The summed E-state index contributed by atoms with van der Waals surface area (Å²) in [6, 6.07) is 41.8. The summed E-state index contributed by atoms with van der Waals surface area (Å²) < 4.78 is 5.12. The Labute approximate surface area is 208 Å². The summed E-state index contributed by atoms with van der Waals surface area (Å²) in [5, 5.41) is 8.88. The van der Waals surface area contributed by atoms with E-state index >= 15 is 0 Å². The maximum absolute atomic E-state index is 3.60. The summed E-state index contributed by atoms with van der Waals surface area (Å²) in [5.74, 6) is 0. The van der Waals surface area contributed by atoms with Gasteiger partial charge in [-0.2, -0.15) is 0 Å². The van der Waals surface area contributed by atoms with E-state index in [4.69, 9.17) is 0 Å². The van der Waals surface area contributed by atoms with Crippen molar-refractivity contribution in [2.45, 2.75) is 13.1 Å².